The highest BCUT2D eigenvalue weighted by Gasteiger charge is 2.42. The van der Waals surface area contributed by atoms with Crippen molar-refractivity contribution in [2.75, 3.05) is 13.2 Å². The summed E-state index contributed by atoms with van der Waals surface area (Å²) in [4.78, 5) is 11.8. The summed E-state index contributed by atoms with van der Waals surface area (Å²) < 4.78 is 31.2. The Balaban J connectivity index is 2.78. The zero-order valence-electron chi connectivity index (χ0n) is 16.2. The minimum absolute atomic E-state index is 0.00137. The van der Waals surface area contributed by atoms with Crippen LogP contribution in [-0.2, 0) is 25.3 Å². The number of ether oxygens (including phenoxy) is 2. The van der Waals surface area contributed by atoms with E-state index in [4.69, 9.17) is 13.9 Å². The molecule has 0 aliphatic carbocycles. The first-order chi connectivity index (χ1) is 11.6. The number of halogens is 1. The third-order valence-electron chi connectivity index (χ3n) is 4.48. The smallest absolute Gasteiger partial charge is 0.343 e. The van der Waals surface area contributed by atoms with Gasteiger partial charge in [0.1, 0.15) is 6.10 Å². The van der Waals surface area contributed by atoms with Crippen LogP contribution in [-0.4, -0.2) is 39.8 Å². The third-order valence-corrected chi connectivity index (χ3v) is 8.99. The fourth-order valence-corrected chi connectivity index (χ4v) is 3.27. The highest BCUT2D eigenvalue weighted by Crippen LogP contribution is 2.38. The monoisotopic (exact) mass is 370 g/mol. The molecule has 0 radical (unpaired) electrons. The molecule has 0 N–H and O–H groups in total. The molecule has 2 atom stereocenters. The predicted molar refractivity (Wildman–Crippen MR) is 99.7 cm³/mol. The lowest BCUT2D eigenvalue weighted by atomic mass is 10.2. The summed E-state index contributed by atoms with van der Waals surface area (Å²) in [7, 11) is -2.26. The third kappa shape index (κ3) is 6.88. The first kappa shape index (κ1) is 21.8. The van der Waals surface area contributed by atoms with E-state index in [1.165, 1.54) is 0 Å². The average Bonchev–Trinajstić information content (AvgIpc) is 2.53. The first-order valence-corrected chi connectivity index (χ1v) is 11.6. The lowest BCUT2D eigenvalue weighted by Crippen LogP contribution is -2.49. The molecule has 0 unspecified atom stereocenters. The van der Waals surface area contributed by atoms with Crippen LogP contribution >= 0.6 is 0 Å². The molecule has 0 aliphatic heterocycles. The van der Waals surface area contributed by atoms with Gasteiger partial charge in [0.05, 0.1) is 19.8 Å². The largest absolute Gasteiger partial charge is 0.464 e. The van der Waals surface area contributed by atoms with Gasteiger partial charge in [-0.15, -0.1) is 0 Å². The Kier molecular flexibility index (Phi) is 8.24. The second kappa shape index (κ2) is 9.45. The molecule has 0 aliphatic rings. The maximum absolute atomic E-state index is 14.6. The minimum Gasteiger partial charge on any atom is -0.464 e. The normalized spacial score (nSPS) is 14.8. The number of rotatable bonds is 9. The van der Waals surface area contributed by atoms with Crippen molar-refractivity contribution in [3.05, 3.63) is 35.9 Å². The first-order valence-electron chi connectivity index (χ1n) is 8.68. The van der Waals surface area contributed by atoms with Gasteiger partial charge >= 0.3 is 5.97 Å². The summed E-state index contributed by atoms with van der Waals surface area (Å²) in [5, 5.41) is -0.0982. The fraction of sp³-hybridized carbons (Fsp3) is 0.632. The van der Waals surface area contributed by atoms with Crippen LogP contribution in [0.2, 0.25) is 18.1 Å². The summed E-state index contributed by atoms with van der Waals surface area (Å²) in [6.45, 7) is 12.4. The minimum atomic E-state index is -2.26. The summed E-state index contributed by atoms with van der Waals surface area (Å²) in [5.41, 5.74) is 0.986. The van der Waals surface area contributed by atoms with Gasteiger partial charge in [-0.2, -0.15) is 0 Å². The molecule has 0 spiro atoms. The van der Waals surface area contributed by atoms with Gasteiger partial charge in [0, 0.05) is 0 Å². The van der Waals surface area contributed by atoms with E-state index in [2.05, 4.69) is 20.8 Å². The molecule has 0 amide bonds. The van der Waals surface area contributed by atoms with E-state index in [-0.39, 0.29) is 18.3 Å². The zero-order chi connectivity index (χ0) is 19.1. The second-order valence-corrected chi connectivity index (χ2v) is 12.3. The van der Waals surface area contributed by atoms with Crippen molar-refractivity contribution >= 4 is 14.3 Å². The van der Waals surface area contributed by atoms with Gasteiger partial charge in [-0.3, -0.25) is 0 Å². The quantitative estimate of drug-likeness (QED) is 0.474. The van der Waals surface area contributed by atoms with Gasteiger partial charge in [0.2, 0.25) is 6.17 Å². The average molecular weight is 371 g/mol. The van der Waals surface area contributed by atoms with Crippen LogP contribution in [0, 0.1) is 0 Å². The Morgan fingerprint density at radius 3 is 2.32 bits per heavy atom. The lowest BCUT2D eigenvalue weighted by Gasteiger charge is -2.39. The summed E-state index contributed by atoms with van der Waals surface area (Å²) in [5.74, 6) is -0.894. The van der Waals surface area contributed by atoms with E-state index < -0.39 is 26.6 Å². The van der Waals surface area contributed by atoms with Crippen molar-refractivity contribution in [3.8, 4) is 0 Å². The molecular weight excluding hydrogens is 339 g/mol. The van der Waals surface area contributed by atoms with Crippen LogP contribution in [0.1, 0.15) is 33.3 Å². The standard InChI is InChI=1S/C19H31FO4Si/c1-7-23-18(21)17(20)16(24-25(5,6)19(2,3)4)14-22-13-15-11-9-8-10-12-15/h8-12,16-17H,7,13-14H2,1-6H3/t16-,17+/m1/s1. The van der Waals surface area contributed by atoms with E-state index >= 15 is 0 Å². The van der Waals surface area contributed by atoms with Crippen LogP contribution in [0.3, 0.4) is 0 Å². The second-order valence-electron chi connectivity index (χ2n) is 7.57. The molecule has 0 bridgehead atoms. The summed E-state index contributed by atoms with van der Waals surface area (Å²) >= 11 is 0. The molecule has 4 nitrogen and oxygen atoms in total. The molecule has 25 heavy (non-hydrogen) atoms. The number of alkyl halides is 1. The van der Waals surface area contributed by atoms with Crippen molar-refractivity contribution in [2.24, 2.45) is 0 Å². The number of esters is 1. The van der Waals surface area contributed by atoms with E-state index in [1.807, 2.05) is 43.4 Å². The molecule has 1 rings (SSSR count). The van der Waals surface area contributed by atoms with E-state index in [9.17, 15) is 9.18 Å². The number of carbonyl (C=O) groups excluding carboxylic acids is 1. The van der Waals surface area contributed by atoms with E-state index in [1.54, 1.807) is 6.92 Å². The van der Waals surface area contributed by atoms with Crippen LogP contribution in [0.25, 0.3) is 0 Å². The molecule has 0 saturated heterocycles. The number of hydrogen-bond acceptors (Lipinski definition) is 4. The van der Waals surface area contributed by atoms with Crippen LogP contribution in [0.4, 0.5) is 4.39 Å². The molecule has 0 heterocycles. The van der Waals surface area contributed by atoms with Crippen LogP contribution in [0.15, 0.2) is 30.3 Å². The molecule has 1 aromatic rings. The maximum atomic E-state index is 14.6. The molecule has 0 aromatic heterocycles. The van der Waals surface area contributed by atoms with Gasteiger partial charge in [-0.25, -0.2) is 9.18 Å². The SMILES string of the molecule is CCOC(=O)[C@@H](F)[C@@H](COCc1ccccc1)O[Si](C)(C)C(C)(C)C. The molecule has 6 heteroatoms. The van der Waals surface area contributed by atoms with E-state index in [0.29, 0.717) is 6.61 Å². The highest BCUT2D eigenvalue weighted by molar-refractivity contribution is 6.74. The number of benzene rings is 1. The Bertz CT molecular complexity index is 528. The molecule has 0 fully saturated rings. The summed E-state index contributed by atoms with van der Waals surface area (Å²) in [6, 6.07) is 9.62. The fourth-order valence-electron chi connectivity index (χ4n) is 1.97. The number of hydrogen-bond donors (Lipinski definition) is 0. The molecule has 142 valence electrons. The molecule has 1 aromatic carbocycles. The van der Waals surface area contributed by atoms with E-state index in [0.717, 1.165) is 5.56 Å². The van der Waals surface area contributed by atoms with Crippen molar-refractivity contribution in [1.82, 2.24) is 0 Å². The Morgan fingerprint density at radius 1 is 1.20 bits per heavy atom. The van der Waals surface area contributed by atoms with Crippen molar-refractivity contribution in [2.45, 2.75) is 64.7 Å². The van der Waals surface area contributed by atoms with Gasteiger partial charge < -0.3 is 13.9 Å². The van der Waals surface area contributed by atoms with Gasteiger partial charge in [-0.1, -0.05) is 51.1 Å². The Morgan fingerprint density at radius 2 is 1.80 bits per heavy atom. The van der Waals surface area contributed by atoms with Crippen LogP contribution in [0.5, 0.6) is 0 Å². The number of carbonyl (C=O) groups is 1. The zero-order valence-corrected chi connectivity index (χ0v) is 17.2. The van der Waals surface area contributed by atoms with Crippen molar-refractivity contribution < 1.29 is 23.1 Å². The topological polar surface area (TPSA) is 44.8 Å². The van der Waals surface area contributed by atoms with Gasteiger partial charge in [0.15, 0.2) is 8.32 Å². The van der Waals surface area contributed by atoms with Crippen LogP contribution < -0.4 is 0 Å². The van der Waals surface area contributed by atoms with Gasteiger partial charge in [0.25, 0.3) is 0 Å². The predicted octanol–water partition coefficient (Wildman–Crippen LogP) is 4.49. The lowest BCUT2D eigenvalue weighted by molar-refractivity contribution is -0.154. The van der Waals surface area contributed by atoms with Crippen molar-refractivity contribution in [3.63, 3.8) is 0 Å². The Hall–Kier alpha value is -1.24. The van der Waals surface area contributed by atoms with Crippen molar-refractivity contribution in [1.29, 1.82) is 0 Å². The molecular formula is C19H31FO4Si. The Labute approximate surface area is 151 Å². The maximum Gasteiger partial charge on any atom is 0.343 e. The molecule has 0 saturated carbocycles. The van der Waals surface area contributed by atoms with Gasteiger partial charge in [-0.05, 0) is 30.6 Å². The summed E-state index contributed by atoms with van der Waals surface area (Å²) in [6.07, 6.45) is -2.83. The highest BCUT2D eigenvalue weighted by atomic mass is 28.4.